The first-order chi connectivity index (χ1) is 11.2. The Morgan fingerprint density at radius 2 is 1.74 bits per heavy atom. The summed E-state index contributed by atoms with van der Waals surface area (Å²) in [5, 5.41) is 0. The molecule has 4 heteroatoms. The van der Waals surface area contributed by atoms with E-state index in [-0.39, 0.29) is 11.5 Å². The molecule has 3 rings (SSSR count). The predicted octanol–water partition coefficient (Wildman–Crippen LogP) is 4.38. The zero-order valence-corrected chi connectivity index (χ0v) is 14.3. The van der Waals surface area contributed by atoms with E-state index in [0.29, 0.717) is 0 Å². The summed E-state index contributed by atoms with van der Waals surface area (Å²) < 4.78 is 24.1. The van der Waals surface area contributed by atoms with E-state index < -0.39 is 10.8 Å². The molecule has 122 valence electrons. The smallest absolute Gasteiger partial charge is 0.137 e. The van der Waals surface area contributed by atoms with E-state index in [1.807, 2.05) is 55.5 Å². The number of aryl methyl sites for hydroxylation is 1. The molecule has 0 aromatic heterocycles. The molecule has 0 spiro atoms. The molecule has 1 aliphatic rings. The third kappa shape index (κ3) is 3.82. The number of rotatable bonds is 4. The maximum absolute atomic E-state index is 12.8. The average molecular weight is 330 g/mol. The Hall–Kier alpha value is -1.65. The Morgan fingerprint density at radius 3 is 2.39 bits per heavy atom. The van der Waals surface area contributed by atoms with E-state index in [9.17, 15) is 4.21 Å². The van der Waals surface area contributed by atoms with Crippen molar-refractivity contribution in [1.29, 1.82) is 0 Å². The number of benzene rings is 2. The molecule has 1 unspecified atom stereocenters. The quantitative estimate of drug-likeness (QED) is 0.834. The standard InChI is InChI=1S/C19H22O3S/c1-14-6-12-17(13-7-14)23(20)19-5-3-4-18(22-19)15-8-10-16(21-2)11-9-15/h6-13,18-19H,3-5H2,1-2H3/t18-,19-,23?/m0/s1. The first-order valence-electron chi connectivity index (χ1n) is 7.94. The summed E-state index contributed by atoms with van der Waals surface area (Å²) in [4.78, 5) is 0.844. The Morgan fingerprint density at radius 1 is 1.04 bits per heavy atom. The lowest BCUT2D eigenvalue weighted by Crippen LogP contribution is -2.26. The molecule has 23 heavy (non-hydrogen) atoms. The molecular weight excluding hydrogens is 308 g/mol. The van der Waals surface area contributed by atoms with E-state index in [4.69, 9.17) is 9.47 Å². The molecule has 0 aliphatic carbocycles. The van der Waals surface area contributed by atoms with Crippen LogP contribution in [0.5, 0.6) is 5.75 Å². The highest BCUT2D eigenvalue weighted by molar-refractivity contribution is 7.85. The molecule has 3 nitrogen and oxygen atoms in total. The van der Waals surface area contributed by atoms with Gasteiger partial charge in [-0.3, -0.25) is 4.21 Å². The van der Waals surface area contributed by atoms with E-state index in [1.165, 1.54) is 5.56 Å². The maximum Gasteiger partial charge on any atom is 0.137 e. The number of methoxy groups -OCH3 is 1. The summed E-state index contributed by atoms with van der Waals surface area (Å²) >= 11 is 0. The Kier molecular flexibility index (Phi) is 5.13. The maximum atomic E-state index is 12.8. The fourth-order valence-corrected chi connectivity index (χ4v) is 4.16. The third-order valence-corrected chi connectivity index (χ3v) is 5.76. The molecule has 0 N–H and O–H groups in total. The fourth-order valence-electron chi connectivity index (χ4n) is 2.83. The van der Waals surface area contributed by atoms with Gasteiger partial charge in [0.05, 0.1) is 24.0 Å². The molecule has 0 bridgehead atoms. The van der Waals surface area contributed by atoms with Gasteiger partial charge in [-0.05, 0) is 56.0 Å². The van der Waals surface area contributed by atoms with Gasteiger partial charge in [-0.25, -0.2) is 0 Å². The van der Waals surface area contributed by atoms with Crippen LogP contribution in [-0.4, -0.2) is 16.8 Å². The fraction of sp³-hybridized carbons (Fsp3) is 0.368. The lowest BCUT2D eigenvalue weighted by Gasteiger charge is -2.30. The zero-order valence-electron chi connectivity index (χ0n) is 13.5. The second-order valence-electron chi connectivity index (χ2n) is 5.87. The van der Waals surface area contributed by atoms with E-state index >= 15 is 0 Å². The van der Waals surface area contributed by atoms with Gasteiger partial charge >= 0.3 is 0 Å². The molecule has 0 amide bonds. The predicted molar refractivity (Wildman–Crippen MR) is 92.0 cm³/mol. The van der Waals surface area contributed by atoms with Crippen molar-refractivity contribution >= 4 is 10.8 Å². The molecule has 1 fully saturated rings. The van der Waals surface area contributed by atoms with Crippen molar-refractivity contribution in [3.05, 3.63) is 59.7 Å². The molecular formula is C19H22O3S. The van der Waals surface area contributed by atoms with Crippen LogP contribution in [0.25, 0.3) is 0 Å². The van der Waals surface area contributed by atoms with Crippen molar-refractivity contribution in [3.8, 4) is 5.75 Å². The van der Waals surface area contributed by atoms with Gasteiger partial charge in [0.2, 0.25) is 0 Å². The summed E-state index contributed by atoms with van der Waals surface area (Å²) in [6, 6.07) is 15.8. The normalized spacial score (nSPS) is 22.5. The van der Waals surface area contributed by atoms with Gasteiger partial charge in [-0.1, -0.05) is 29.8 Å². The highest BCUT2D eigenvalue weighted by atomic mass is 32.2. The van der Waals surface area contributed by atoms with Gasteiger partial charge in [-0.2, -0.15) is 0 Å². The molecule has 3 atom stereocenters. The first kappa shape index (κ1) is 16.2. The second-order valence-corrected chi connectivity index (χ2v) is 7.46. The average Bonchev–Trinajstić information content (AvgIpc) is 2.62. The summed E-state index contributed by atoms with van der Waals surface area (Å²) in [5.74, 6) is 0.837. The highest BCUT2D eigenvalue weighted by Crippen LogP contribution is 2.34. The molecule has 2 aromatic carbocycles. The van der Waals surface area contributed by atoms with Crippen molar-refractivity contribution in [2.45, 2.75) is 42.6 Å². The first-order valence-corrected chi connectivity index (χ1v) is 9.15. The molecule has 1 aliphatic heterocycles. The van der Waals surface area contributed by atoms with Gasteiger partial charge in [0, 0.05) is 4.90 Å². The summed E-state index contributed by atoms with van der Waals surface area (Å²) in [6.45, 7) is 2.03. The number of ether oxygens (including phenoxy) is 2. The lowest BCUT2D eigenvalue weighted by atomic mass is 10.0. The van der Waals surface area contributed by atoms with Crippen LogP contribution in [0, 0.1) is 6.92 Å². The zero-order chi connectivity index (χ0) is 16.2. The number of hydrogen-bond donors (Lipinski definition) is 0. The molecule has 1 heterocycles. The Labute approximate surface area is 140 Å². The van der Waals surface area contributed by atoms with Gasteiger partial charge in [0.25, 0.3) is 0 Å². The summed E-state index contributed by atoms with van der Waals surface area (Å²) in [5.41, 5.74) is 2.06. The van der Waals surface area contributed by atoms with Crippen LogP contribution in [0.1, 0.15) is 36.5 Å². The second kappa shape index (κ2) is 7.28. The van der Waals surface area contributed by atoms with Gasteiger partial charge in [-0.15, -0.1) is 0 Å². The van der Waals surface area contributed by atoms with Crippen LogP contribution in [0.2, 0.25) is 0 Å². The van der Waals surface area contributed by atoms with Crippen molar-refractivity contribution in [1.82, 2.24) is 0 Å². The van der Waals surface area contributed by atoms with Crippen LogP contribution < -0.4 is 4.74 Å². The Bertz CT molecular complexity index is 664. The highest BCUT2D eigenvalue weighted by Gasteiger charge is 2.28. The summed E-state index contributed by atoms with van der Waals surface area (Å²) in [6.07, 6.45) is 2.84. The van der Waals surface area contributed by atoms with Crippen LogP contribution in [-0.2, 0) is 15.5 Å². The van der Waals surface area contributed by atoms with E-state index in [1.54, 1.807) is 7.11 Å². The van der Waals surface area contributed by atoms with Gasteiger partial charge in [0.1, 0.15) is 11.2 Å². The van der Waals surface area contributed by atoms with Gasteiger partial charge < -0.3 is 9.47 Å². The van der Waals surface area contributed by atoms with E-state index in [2.05, 4.69) is 0 Å². The topological polar surface area (TPSA) is 35.5 Å². The minimum Gasteiger partial charge on any atom is -0.497 e. The van der Waals surface area contributed by atoms with Crippen LogP contribution >= 0.6 is 0 Å². The van der Waals surface area contributed by atoms with Crippen molar-refractivity contribution in [2.75, 3.05) is 7.11 Å². The molecule has 0 radical (unpaired) electrons. The van der Waals surface area contributed by atoms with Crippen LogP contribution in [0.15, 0.2) is 53.4 Å². The largest absolute Gasteiger partial charge is 0.497 e. The minimum absolute atomic E-state index is 0.00838. The molecule has 1 saturated heterocycles. The molecule has 2 aromatic rings. The summed E-state index contributed by atoms with van der Waals surface area (Å²) in [7, 11) is 0.534. The van der Waals surface area contributed by atoms with Crippen molar-refractivity contribution < 1.29 is 13.7 Å². The van der Waals surface area contributed by atoms with Crippen LogP contribution in [0.4, 0.5) is 0 Å². The monoisotopic (exact) mass is 330 g/mol. The SMILES string of the molecule is COc1ccc([C@@H]2CCC[C@H](S(=O)c3ccc(C)cc3)O2)cc1. The Balaban J connectivity index is 1.72. The lowest BCUT2D eigenvalue weighted by molar-refractivity contribution is -0.00768. The van der Waals surface area contributed by atoms with Crippen molar-refractivity contribution in [3.63, 3.8) is 0 Å². The third-order valence-electron chi connectivity index (χ3n) is 4.20. The van der Waals surface area contributed by atoms with Crippen LogP contribution in [0.3, 0.4) is 0 Å². The van der Waals surface area contributed by atoms with Crippen molar-refractivity contribution in [2.24, 2.45) is 0 Å². The minimum atomic E-state index is -1.13. The number of hydrogen-bond acceptors (Lipinski definition) is 3. The molecule has 0 saturated carbocycles. The van der Waals surface area contributed by atoms with E-state index in [0.717, 1.165) is 35.5 Å². The van der Waals surface area contributed by atoms with Gasteiger partial charge in [0.15, 0.2) is 0 Å².